The Labute approximate surface area is 104 Å². The molecular formula is C13H23N3O. The van der Waals surface area contributed by atoms with Crippen molar-refractivity contribution < 1.29 is 4.74 Å². The SMILES string of the molecule is CCN(c1ccc(CCN)cn1)C(C)COC. The van der Waals surface area contributed by atoms with Gasteiger partial charge in [0, 0.05) is 19.9 Å². The number of methoxy groups -OCH3 is 1. The van der Waals surface area contributed by atoms with E-state index in [-0.39, 0.29) is 0 Å². The molecule has 0 aromatic carbocycles. The second kappa shape index (κ2) is 7.25. The Morgan fingerprint density at radius 1 is 1.47 bits per heavy atom. The lowest BCUT2D eigenvalue weighted by Crippen LogP contribution is -2.36. The third kappa shape index (κ3) is 3.98. The molecule has 4 heteroatoms. The van der Waals surface area contributed by atoms with Gasteiger partial charge in [0.2, 0.25) is 0 Å². The molecule has 0 aliphatic rings. The summed E-state index contributed by atoms with van der Waals surface area (Å²) in [4.78, 5) is 6.72. The van der Waals surface area contributed by atoms with Gasteiger partial charge >= 0.3 is 0 Å². The number of rotatable bonds is 7. The highest BCUT2D eigenvalue weighted by molar-refractivity contribution is 5.40. The molecule has 1 heterocycles. The molecule has 4 nitrogen and oxygen atoms in total. The number of nitrogens with two attached hydrogens (primary N) is 1. The van der Waals surface area contributed by atoms with E-state index in [2.05, 4.69) is 35.9 Å². The van der Waals surface area contributed by atoms with Gasteiger partial charge in [0.1, 0.15) is 5.82 Å². The number of hydrogen-bond acceptors (Lipinski definition) is 4. The van der Waals surface area contributed by atoms with E-state index in [0.717, 1.165) is 18.8 Å². The summed E-state index contributed by atoms with van der Waals surface area (Å²) < 4.78 is 5.18. The molecule has 0 radical (unpaired) electrons. The molecule has 0 spiro atoms. The van der Waals surface area contributed by atoms with Gasteiger partial charge in [0.05, 0.1) is 12.6 Å². The van der Waals surface area contributed by atoms with Gasteiger partial charge in [-0.2, -0.15) is 0 Å². The number of anilines is 1. The highest BCUT2D eigenvalue weighted by atomic mass is 16.5. The Balaban J connectivity index is 2.74. The molecule has 0 fully saturated rings. The fraction of sp³-hybridized carbons (Fsp3) is 0.615. The van der Waals surface area contributed by atoms with Crippen molar-refractivity contribution in [2.75, 3.05) is 31.7 Å². The normalized spacial score (nSPS) is 12.5. The molecule has 1 aromatic rings. The Morgan fingerprint density at radius 2 is 2.24 bits per heavy atom. The Morgan fingerprint density at radius 3 is 2.71 bits per heavy atom. The third-order valence-electron chi connectivity index (χ3n) is 2.82. The average molecular weight is 237 g/mol. The van der Waals surface area contributed by atoms with Crippen LogP contribution in [0.1, 0.15) is 19.4 Å². The lowest BCUT2D eigenvalue weighted by atomic mass is 10.2. The van der Waals surface area contributed by atoms with Gasteiger partial charge in [0.25, 0.3) is 0 Å². The van der Waals surface area contributed by atoms with Crippen LogP contribution in [0.5, 0.6) is 0 Å². The maximum absolute atomic E-state index is 5.52. The van der Waals surface area contributed by atoms with Crippen LogP contribution < -0.4 is 10.6 Å². The zero-order valence-corrected chi connectivity index (χ0v) is 11.0. The number of pyridine rings is 1. The summed E-state index contributed by atoms with van der Waals surface area (Å²) in [5, 5.41) is 0. The van der Waals surface area contributed by atoms with Gasteiger partial charge in [-0.1, -0.05) is 6.07 Å². The predicted octanol–water partition coefficient (Wildman–Crippen LogP) is 1.44. The zero-order chi connectivity index (χ0) is 12.7. The largest absolute Gasteiger partial charge is 0.383 e. The van der Waals surface area contributed by atoms with Crippen LogP contribution in [0.4, 0.5) is 5.82 Å². The Kier molecular flexibility index (Phi) is 5.94. The van der Waals surface area contributed by atoms with Gasteiger partial charge in [-0.25, -0.2) is 4.98 Å². The molecule has 1 atom stereocenters. The average Bonchev–Trinajstić information content (AvgIpc) is 2.33. The highest BCUT2D eigenvalue weighted by Gasteiger charge is 2.13. The van der Waals surface area contributed by atoms with Crippen molar-refractivity contribution in [3.8, 4) is 0 Å². The molecule has 1 aromatic heterocycles. The number of likely N-dealkylation sites (N-methyl/N-ethyl adjacent to an activating group) is 1. The van der Waals surface area contributed by atoms with Crippen molar-refractivity contribution in [3.05, 3.63) is 23.9 Å². The van der Waals surface area contributed by atoms with Gasteiger partial charge in [-0.15, -0.1) is 0 Å². The maximum atomic E-state index is 5.52. The first-order chi connectivity index (χ1) is 8.22. The van der Waals surface area contributed by atoms with Crippen molar-refractivity contribution in [1.82, 2.24) is 4.98 Å². The quantitative estimate of drug-likeness (QED) is 0.779. The maximum Gasteiger partial charge on any atom is 0.128 e. The van der Waals surface area contributed by atoms with E-state index in [1.165, 1.54) is 5.56 Å². The molecule has 0 saturated carbocycles. The first-order valence-electron chi connectivity index (χ1n) is 6.13. The van der Waals surface area contributed by atoms with Gasteiger partial charge in [-0.3, -0.25) is 0 Å². The van der Waals surface area contributed by atoms with E-state index < -0.39 is 0 Å². The first-order valence-corrected chi connectivity index (χ1v) is 6.13. The summed E-state index contributed by atoms with van der Waals surface area (Å²) in [6, 6.07) is 4.48. The molecule has 2 N–H and O–H groups in total. The van der Waals surface area contributed by atoms with Gasteiger partial charge in [-0.05, 0) is 38.4 Å². The van der Waals surface area contributed by atoms with E-state index in [1.807, 2.05) is 6.20 Å². The molecular weight excluding hydrogens is 214 g/mol. The van der Waals surface area contributed by atoms with E-state index in [1.54, 1.807) is 7.11 Å². The monoisotopic (exact) mass is 237 g/mol. The summed E-state index contributed by atoms with van der Waals surface area (Å²) in [7, 11) is 1.72. The van der Waals surface area contributed by atoms with Crippen LogP contribution in [0.15, 0.2) is 18.3 Å². The van der Waals surface area contributed by atoms with Crippen LogP contribution in [0.3, 0.4) is 0 Å². The van der Waals surface area contributed by atoms with Crippen LogP contribution in [0.25, 0.3) is 0 Å². The topological polar surface area (TPSA) is 51.4 Å². The van der Waals surface area contributed by atoms with Crippen LogP contribution in [0, 0.1) is 0 Å². The van der Waals surface area contributed by atoms with Crippen molar-refractivity contribution >= 4 is 5.82 Å². The van der Waals surface area contributed by atoms with Crippen LogP contribution >= 0.6 is 0 Å². The highest BCUT2D eigenvalue weighted by Crippen LogP contribution is 2.14. The van der Waals surface area contributed by atoms with Crippen molar-refractivity contribution in [3.63, 3.8) is 0 Å². The molecule has 0 aliphatic carbocycles. The summed E-state index contributed by atoms with van der Waals surface area (Å²) in [6.07, 6.45) is 2.79. The summed E-state index contributed by atoms with van der Waals surface area (Å²) in [6.45, 7) is 6.57. The molecule has 17 heavy (non-hydrogen) atoms. The molecule has 96 valence electrons. The fourth-order valence-electron chi connectivity index (χ4n) is 1.93. The molecule has 1 unspecified atom stereocenters. The zero-order valence-electron chi connectivity index (χ0n) is 11.0. The smallest absolute Gasteiger partial charge is 0.128 e. The van der Waals surface area contributed by atoms with E-state index in [9.17, 15) is 0 Å². The van der Waals surface area contributed by atoms with E-state index in [4.69, 9.17) is 10.5 Å². The first kappa shape index (κ1) is 13.9. The van der Waals surface area contributed by atoms with Gasteiger partial charge in [0.15, 0.2) is 0 Å². The Hall–Kier alpha value is -1.13. The lowest BCUT2D eigenvalue weighted by Gasteiger charge is -2.28. The minimum atomic E-state index is 0.331. The van der Waals surface area contributed by atoms with Crippen molar-refractivity contribution in [1.29, 1.82) is 0 Å². The number of nitrogens with zero attached hydrogens (tertiary/aromatic N) is 2. The fourth-order valence-corrected chi connectivity index (χ4v) is 1.93. The number of ether oxygens (including phenoxy) is 1. The van der Waals surface area contributed by atoms with Gasteiger partial charge < -0.3 is 15.4 Å². The third-order valence-corrected chi connectivity index (χ3v) is 2.82. The van der Waals surface area contributed by atoms with E-state index >= 15 is 0 Å². The number of hydrogen-bond donors (Lipinski definition) is 1. The van der Waals surface area contributed by atoms with Crippen LogP contribution in [-0.2, 0) is 11.2 Å². The summed E-state index contributed by atoms with van der Waals surface area (Å²) in [5.41, 5.74) is 6.70. The molecule has 0 saturated heterocycles. The second-order valence-corrected chi connectivity index (χ2v) is 4.15. The molecule has 0 bridgehead atoms. The Bertz CT molecular complexity index is 313. The summed E-state index contributed by atoms with van der Waals surface area (Å²) >= 11 is 0. The van der Waals surface area contributed by atoms with E-state index in [0.29, 0.717) is 19.2 Å². The number of aromatic nitrogens is 1. The molecule has 0 aliphatic heterocycles. The lowest BCUT2D eigenvalue weighted by molar-refractivity contribution is 0.181. The minimum Gasteiger partial charge on any atom is -0.383 e. The minimum absolute atomic E-state index is 0.331. The second-order valence-electron chi connectivity index (χ2n) is 4.15. The summed E-state index contributed by atoms with van der Waals surface area (Å²) in [5.74, 6) is 0.998. The van der Waals surface area contributed by atoms with Crippen LogP contribution in [-0.4, -0.2) is 37.8 Å². The van der Waals surface area contributed by atoms with Crippen LogP contribution in [0.2, 0.25) is 0 Å². The molecule has 1 rings (SSSR count). The van der Waals surface area contributed by atoms with Crippen molar-refractivity contribution in [2.24, 2.45) is 5.73 Å². The standard InChI is InChI=1S/C13H23N3O/c1-4-16(11(2)10-17-3)13-6-5-12(7-8-14)9-15-13/h5-6,9,11H,4,7-8,10,14H2,1-3H3. The predicted molar refractivity (Wildman–Crippen MR) is 71.4 cm³/mol. The molecule has 0 amide bonds. The van der Waals surface area contributed by atoms with Crippen molar-refractivity contribution in [2.45, 2.75) is 26.3 Å².